The van der Waals surface area contributed by atoms with Gasteiger partial charge in [0.05, 0.1) is 12.4 Å². The molecule has 0 spiro atoms. The normalized spacial score (nSPS) is 15.3. The Morgan fingerprint density at radius 2 is 1.82 bits per heavy atom. The van der Waals surface area contributed by atoms with Gasteiger partial charge in [0, 0.05) is 6.04 Å². The van der Waals surface area contributed by atoms with Gasteiger partial charge in [-0.3, -0.25) is 0 Å². The van der Waals surface area contributed by atoms with Crippen LogP contribution in [0.15, 0.2) is 29.2 Å². The lowest BCUT2D eigenvalue weighted by Crippen LogP contribution is -2.38. The largest absolute Gasteiger partial charge is 0.495 e. The van der Waals surface area contributed by atoms with Crippen LogP contribution in [0.2, 0.25) is 0 Å². The quantitative estimate of drug-likeness (QED) is 0.868. The fourth-order valence-electron chi connectivity index (χ4n) is 1.56. The van der Waals surface area contributed by atoms with Crippen molar-refractivity contribution in [2.45, 2.75) is 30.0 Å². The summed E-state index contributed by atoms with van der Waals surface area (Å²) in [6.45, 7) is 3.54. The zero-order chi connectivity index (χ0) is 13.1. The van der Waals surface area contributed by atoms with Gasteiger partial charge in [0.15, 0.2) is 9.84 Å². The van der Waals surface area contributed by atoms with Gasteiger partial charge in [0.2, 0.25) is 0 Å². The highest BCUT2D eigenvalue weighted by Crippen LogP contribution is 2.27. The first kappa shape index (κ1) is 14.0. The second-order valence-electron chi connectivity index (χ2n) is 3.98. The summed E-state index contributed by atoms with van der Waals surface area (Å²) in [5.41, 5.74) is 0. The summed E-state index contributed by atoms with van der Waals surface area (Å²) in [4.78, 5) is 0.247. The fourth-order valence-corrected chi connectivity index (χ4v) is 3.33. The molecular weight excluding hydrogens is 238 g/mol. The molecule has 0 aliphatic carbocycles. The van der Waals surface area contributed by atoms with Crippen LogP contribution < -0.4 is 10.1 Å². The first-order chi connectivity index (χ1) is 7.95. The van der Waals surface area contributed by atoms with E-state index in [1.54, 1.807) is 38.2 Å². The van der Waals surface area contributed by atoms with Crippen molar-refractivity contribution in [2.75, 3.05) is 14.2 Å². The highest BCUT2D eigenvalue weighted by atomic mass is 32.2. The van der Waals surface area contributed by atoms with Crippen LogP contribution in [0.25, 0.3) is 0 Å². The molecule has 0 saturated heterocycles. The minimum atomic E-state index is -3.38. The number of rotatable bonds is 5. The van der Waals surface area contributed by atoms with E-state index in [4.69, 9.17) is 4.74 Å². The molecule has 0 aliphatic rings. The van der Waals surface area contributed by atoms with Gasteiger partial charge in [-0.1, -0.05) is 12.1 Å². The third kappa shape index (κ3) is 2.79. The number of benzene rings is 1. The maximum atomic E-state index is 12.4. The molecule has 0 bridgehead atoms. The average molecular weight is 257 g/mol. The van der Waals surface area contributed by atoms with Crippen LogP contribution in [0.1, 0.15) is 13.8 Å². The third-order valence-corrected chi connectivity index (χ3v) is 5.36. The van der Waals surface area contributed by atoms with Gasteiger partial charge in [0.1, 0.15) is 10.6 Å². The molecule has 1 N–H and O–H groups in total. The topological polar surface area (TPSA) is 55.4 Å². The lowest BCUT2D eigenvalue weighted by atomic mass is 10.3. The molecule has 0 saturated carbocycles. The van der Waals surface area contributed by atoms with Crippen molar-refractivity contribution in [2.24, 2.45) is 0 Å². The molecule has 0 amide bonds. The molecule has 1 rings (SSSR count). The Kier molecular flexibility index (Phi) is 4.54. The number of hydrogen-bond donors (Lipinski definition) is 1. The molecule has 0 aliphatic heterocycles. The fraction of sp³-hybridized carbons (Fsp3) is 0.500. The van der Waals surface area contributed by atoms with Gasteiger partial charge in [-0.05, 0) is 33.0 Å². The Hall–Kier alpha value is -1.07. The molecule has 0 radical (unpaired) electrons. The maximum absolute atomic E-state index is 12.4. The summed E-state index contributed by atoms with van der Waals surface area (Å²) in [5.74, 6) is 0.391. The number of sulfone groups is 1. The number of hydrogen-bond acceptors (Lipinski definition) is 4. The van der Waals surface area contributed by atoms with E-state index in [-0.39, 0.29) is 10.9 Å². The zero-order valence-electron chi connectivity index (χ0n) is 10.6. The maximum Gasteiger partial charge on any atom is 0.186 e. The van der Waals surface area contributed by atoms with Crippen molar-refractivity contribution in [1.29, 1.82) is 0 Å². The van der Waals surface area contributed by atoms with Crippen LogP contribution >= 0.6 is 0 Å². The van der Waals surface area contributed by atoms with E-state index in [0.717, 1.165) is 0 Å². The molecule has 2 atom stereocenters. The third-order valence-electron chi connectivity index (χ3n) is 3.02. The Balaban J connectivity index is 3.22. The van der Waals surface area contributed by atoms with Crippen LogP contribution in [0.5, 0.6) is 5.75 Å². The van der Waals surface area contributed by atoms with E-state index in [1.165, 1.54) is 7.11 Å². The summed E-state index contributed by atoms with van der Waals surface area (Å²) < 4.78 is 29.9. The molecule has 96 valence electrons. The highest BCUT2D eigenvalue weighted by Gasteiger charge is 2.29. The van der Waals surface area contributed by atoms with Crippen LogP contribution in [-0.4, -0.2) is 33.9 Å². The monoisotopic (exact) mass is 257 g/mol. The molecule has 0 heterocycles. The lowest BCUT2D eigenvalue weighted by molar-refractivity contribution is 0.402. The van der Waals surface area contributed by atoms with Crippen molar-refractivity contribution in [3.05, 3.63) is 24.3 Å². The summed E-state index contributed by atoms with van der Waals surface area (Å²) in [5, 5.41) is 2.45. The Labute approximate surface area is 103 Å². The highest BCUT2D eigenvalue weighted by molar-refractivity contribution is 7.92. The lowest BCUT2D eigenvalue weighted by Gasteiger charge is -2.20. The molecular formula is C12H19NO3S. The van der Waals surface area contributed by atoms with Crippen molar-refractivity contribution in [1.82, 2.24) is 5.32 Å². The van der Waals surface area contributed by atoms with Crippen LogP contribution in [-0.2, 0) is 9.84 Å². The van der Waals surface area contributed by atoms with E-state index in [1.807, 2.05) is 6.92 Å². The second-order valence-corrected chi connectivity index (χ2v) is 6.25. The van der Waals surface area contributed by atoms with E-state index < -0.39 is 15.1 Å². The van der Waals surface area contributed by atoms with Crippen molar-refractivity contribution < 1.29 is 13.2 Å². The second kappa shape index (κ2) is 5.51. The molecule has 2 unspecified atom stereocenters. The van der Waals surface area contributed by atoms with Crippen molar-refractivity contribution in [3.8, 4) is 5.75 Å². The molecule has 0 fully saturated rings. The van der Waals surface area contributed by atoms with Gasteiger partial charge in [-0.15, -0.1) is 0 Å². The molecule has 1 aromatic carbocycles. The van der Waals surface area contributed by atoms with E-state index >= 15 is 0 Å². The van der Waals surface area contributed by atoms with E-state index in [2.05, 4.69) is 5.32 Å². The van der Waals surface area contributed by atoms with Gasteiger partial charge < -0.3 is 10.1 Å². The summed E-state index contributed by atoms with van der Waals surface area (Å²) in [6.07, 6.45) is 0. The SMILES string of the molecule is CNC(C)C(C)S(=O)(=O)c1ccccc1OC. The predicted octanol–water partition coefficient (Wildman–Crippen LogP) is 1.47. The number of ether oxygens (including phenoxy) is 1. The summed E-state index contributed by atoms with van der Waals surface area (Å²) in [6, 6.07) is 6.57. The molecule has 4 nitrogen and oxygen atoms in total. The standard InChI is InChI=1S/C12H19NO3S/c1-9(13-3)10(2)17(14,15)12-8-6-5-7-11(12)16-4/h5-10,13H,1-4H3. The predicted molar refractivity (Wildman–Crippen MR) is 68.2 cm³/mol. The first-order valence-corrected chi connectivity index (χ1v) is 7.04. The van der Waals surface area contributed by atoms with Crippen molar-refractivity contribution in [3.63, 3.8) is 0 Å². The Morgan fingerprint density at radius 3 is 2.35 bits per heavy atom. The van der Waals surface area contributed by atoms with Gasteiger partial charge in [-0.25, -0.2) is 8.42 Å². The van der Waals surface area contributed by atoms with Gasteiger partial charge >= 0.3 is 0 Å². The van der Waals surface area contributed by atoms with Gasteiger partial charge in [-0.2, -0.15) is 0 Å². The summed E-state index contributed by atoms with van der Waals surface area (Å²) in [7, 11) is -0.159. The van der Waals surface area contributed by atoms with Crippen LogP contribution in [0.3, 0.4) is 0 Å². The first-order valence-electron chi connectivity index (χ1n) is 5.49. The van der Waals surface area contributed by atoms with Crippen LogP contribution in [0, 0.1) is 0 Å². The Bertz CT molecular complexity index is 470. The molecule has 0 aromatic heterocycles. The Morgan fingerprint density at radius 1 is 1.24 bits per heavy atom. The number of para-hydroxylation sites is 1. The van der Waals surface area contributed by atoms with E-state index in [0.29, 0.717) is 5.75 Å². The molecule has 1 aromatic rings. The molecule has 17 heavy (non-hydrogen) atoms. The number of methoxy groups -OCH3 is 1. The minimum Gasteiger partial charge on any atom is -0.495 e. The number of nitrogens with one attached hydrogen (secondary N) is 1. The average Bonchev–Trinajstić information content (AvgIpc) is 2.36. The smallest absolute Gasteiger partial charge is 0.186 e. The van der Waals surface area contributed by atoms with Crippen LogP contribution in [0.4, 0.5) is 0 Å². The minimum absolute atomic E-state index is 0.120. The van der Waals surface area contributed by atoms with Crippen molar-refractivity contribution >= 4 is 9.84 Å². The van der Waals surface area contributed by atoms with Gasteiger partial charge in [0.25, 0.3) is 0 Å². The zero-order valence-corrected chi connectivity index (χ0v) is 11.4. The molecule has 5 heteroatoms. The summed E-state index contributed by atoms with van der Waals surface area (Å²) >= 11 is 0. The van der Waals surface area contributed by atoms with E-state index in [9.17, 15) is 8.42 Å².